The van der Waals surface area contributed by atoms with E-state index < -0.39 is 6.17 Å². The molecule has 106 valence electrons. The second-order valence-corrected chi connectivity index (χ2v) is 5.28. The fourth-order valence-corrected chi connectivity index (χ4v) is 2.57. The maximum Gasteiger partial charge on any atom is 0.266 e. The molecule has 0 spiro atoms. The molecule has 21 heavy (non-hydrogen) atoms. The molecule has 0 radical (unpaired) electrons. The van der Waals surface area contributed by atoms with Crippen LogP contribution in [0.3, 0.4) is 0 Å². The van der Waals surface area contributed by atoms with E-state index in [2.05, 4.69) is 4.99 Å². The van der Waals surface area contributed by atoms with Crippen LogP contribution in [-0.4, -0.2) is 24.8 Å². The summed E-state index contributed by atoms with van der Waals surface area (Å²) in [6, 6.07) is 15.0. The highest BCUT2D eigenvalue weighted by Gasteiger charge is 2.27. The van der Waals surface area contributed by atoms with Crippen LogP contribution >= 0.6 is 11.6 Å². The van der Waals surface area contributed by atoms with Crippen LogP contribution in [0.4, 0.5) is 5.69 Å². The molecule has 1 heterocycles. The normalized spacial score (nSPS) is 18.0. The summed E-state index contributed by atoms with van der Waals surface area (Å²) in [6.45, 7) is 0. The minimum Gasteiger partial charge on any atom is -0.312 e. The number of rotatable bonds is 1. The number of benzodiazepines with no additional fused rings is 1. The molecule has 4 nitrogen and oxygen atoms in total. The van der Waals surface area contributed by atoms with Crippen molar-refractivity contribution in [3.05, 3.63) is 64.7 Å². The summed E-state index contributed by atoms with van der Waals surface area (Å²) in [6.07, 6.45) is -0.920. The van der Waals surface area contributed by atoms with Gasteiger partial charge in [0, 0.05) is 23.2 Å². The maximum atomic E-state index is 12.2. The van der Waals surface area contributed by atoms with Crippen molar-refractivity contribution < 1.29 is 4.79 Å². The molecule has 1 amide bonds. The molecule has 1 aliphatic heterocycles. The Hall–Kier alpha value is -2.17. The Bertz CT molecular complexity index is 728. The van der Waals surface area contributed by atoms with Crippen LogP contribution < -0.4 is 10.6 Å². The van der Waals surface area contributed by atoms with Gasteiger partial charge in [-0.25, -0.2) is 0 Å². The summed E-state index contributed by atoms with van der Waals surface area (Å²) >= 11 is 6.11. The number of hydrogen-bond acceptors (Lipinski definition) is 3. The number of carbonyl (C=O) groups excluding carboxylic acids is 1. The highest BCUT2D eigenvalue weighted by Crippen LogP contribution is 2.29. The van der Waals surface area contributed by atoms with E-state index in [1.54, 1.807) is 13.1 Å². The number of benzene rings is 2. The van der Waals surface area contributed by atoms with Gasteiger partial charge in [0.15, 0.2) is 6.17 Å². The first-order valence-electron chi connectivity index (χ1n) is 6.54. The van der Waals surface area contributed by atoms with Crippen molar-refractivity contribution in [2.75, 3.05) is 11.9 Å². The Labute approximate surface area is 127 Å². The number of nitrogens with two attached hydrogens (primary N) is 1. The van der Waals surface area contributed by atoms with Gasteiger partial charge >= 0.3 is 0 Å². The molecule has 0 fully saturated rings. The van der Waals surface area contributed by atoms with Crippen molar-refractivity contribution in [3.63, 3.8) is 0 Å². The van der Waals surface area contributed by atoms with Gasteiger partial charge in [0.05, 0.1) is 11.4 Å². The molecular weight excluding hydrogens is 286 g/mol. The third-order valence-corrected chi connectivity index (χ3v) is 3.71. The number of hydrogen-bond donors (Lipinski definition) is 1. The maximum absolute atomic E-state index is 12.2. The van der Waals surface area contributed by atoms with Crippen molar-refractivity contribution in [2.24, 2.45) is 10.7 Å². The topological polar surface area (TPSA) is 58.7 Å². The van der Waals surface area contributed by atoms with Gasteiger partial charge in [0.25, 0.3) is 5.91 Å². The van der Waals surface area contributed by atoms with Crippen LogP contribution in [-0.2, 0) is 4.79 Å². The van der Waals surface area contributed by atoms with Gasteiger partial charge in [-0.1, -0.05) is 41.9 Å². The van der Waals surface area contributed by atoms with Gasteiger partial charge < -0.3 is 10.6 Å². The Morgan fingerprint density at radius 3 is 2.62 bits per heavy atom. The number of anilines is 1. The fraction of sp³-hybridized carbons (Fsp3) is 0.125. The Morgan fingerprint density at radius 2 is 1.90 bits per heavy atom. The van der Waals surface area contributed by atoms with Crippen LogP contribution in [0.1, 0.15) is 11.1 Å². The molecule has 0 aromatic heterocycles. The molecule has 0 bridgehead atoms. The van der Waals surface area contributed by atoms with Crippen molar-refractivity contribution in [1.82, 2.24) is 0 Å². The quantitative estimate of drug-likeness (QED) is 0.879. The van der Waals surface area contributed by atoms with Crippen LogP contribution in [0, 0.1) is 0 Å². The summed E-state index contributed by atoms with van der Waals surface area (Å²) in [5.74, 6) is -0.246. The van der Waals surface area contributed by atoms with Crippen LogP contribution in [0.5, 0.6) is 0 Å². The first-order chi connectivity index (χ1) is 10.1. The summed E-state index contributed by atoms with van der Waals surface area (Å²) in [5, 5.41) is 0.591. The van der Waals surface area contributed by atoms with Gasteiger partial charge in [0.1, 0.15) is 0 Å². The number of carbonyl (C=O) groups is 1. The third kappa shape index (κ3) is 2.44. The minimum absolute atomic E-state index is 0.246. The van der Waals surface area contributed by atoms with Gasteiger partial charge in [-0.15, -0.1) is 0 Å². The van der Waals surface area contributed by atoms with E-state index in [0.717, 1.165) is 16.8 Å². The fourth-order valence-electron chi connectivity index (χ4n) is 2.40. The number of halogens is 1. The molecule has 2 aromatic carbocycles. The van der Waals surface area contributed by atoms with Gasteiger partial charge in [-0.3, -0.25) is 9.79 Å². The molecule has 1 atom stereocenters. The van der Waals surface area contributed by atoms with Crippen LogP contribution in [0.25, 0.3) is 0 Å². The highest BCUT2D eigenvalue weighted by molar-refractivity contribution is 6.32. The van der Waals surface area contributed by atoms with Crippen molar-refractivity contribution in [3.8, 4) is 0 Å². The molecule has 2 N–H and O–H groups in total. The van der Waals surface area contributed by atoms with Crippen molar-refractivity contribution in [1.29, 1.82) is 0 Å². The average molecular weight is 300 g/mol. The highest BCUT2D eigenvalue weighted by atomic mass is 35.5. The van der Waals surface area contributed by atoms with E-state index in [1.807, 2.05) is 42.5 Å². The predicted octanol–water partition coefficient (Wildman–Crippen LogP) is 2.44. The van der Waals surface area contributed by atoms with E-state index in [1.165, 1.54) is 4.90 Å². The molecule has 1 aliphatic rings. The summed E-state index contributed by atoms with van der Waals surface area (Å²) in [4.78, 5) is 18.2. The molecular formula is C16H14ClN3O. The molecule has 5 heteroatoms. The number of nitrogens with zero attached hydrogens (tertiary/aromatic N) is 2. The van der Waals surface area contributed by atoms with Crippen molar-refractivity contribution >= 4 is 28.9 Å². The van der Waals surface area contributed by atoms with E-state index in [4.69, 9.17) is 17.3 Å². The third-order valence-electron chi connectivity index (χ3n) is 3.47. The Kier molecular flexibility index (Phi) is 3.49. The minimum atomic E-state index is -0.920. The second kappa shape index (κ2) is 5.31. The number of fused-ring (bicyclic) bond motifs is 1. The number of aliphatic imine (C=N–C) groups is 1. The first kappa shape index (κ1) is 13.8. The predicted molar refractivity (Wildman–Crippen MR) is 84.9 cm³/mol. The SMILES string of the molecule is CN1C(=O)[C@@H](N)N=C(c2ccccc2)c2cc(Cl)ccc21. The van der Waals surface area contributed by atoms with E-state index in [0.29, 0.717) is 10.7 Å². The van der Waals surface area contributed by atoms with Gasteiger partial charge in [-0.05, 0) is 18.2 Å². The molecule has 0 unspecified atom stereocenters. The lowest BCUT2D eigenvalue weighted by Crippen LogP contribution is -2.39. The van der Waals surface area contributed by atoms with Gasteiger partial charge in [0.2, 0.25) is 0 Å². The Morgan fingerprint density at radius 1 is 1.19 bits per heavy atom. The van der Waals surface area contributed by atoms with E-state index in [9.17, 15) is 4.79 Å². The number of amides is 1. The smallest absolute Gasteiger partial charge is 0.266 e. The molecule has 0 saturated carbocycles. The molecule has 0 aliphatic carbocycles. The lowest BCUT2D eigenvalue weighted by molar-refractivity contribution is -0.119. The number of likely N-dealkylation sites (N-methyl/N-ethyl adjacent to an activating group) is 1. The molecule has 3 rings (SSSR count). The molecule has 2 aromatic rings. The second-order valence-electron chi connectivity index (χ2n) is 4.85. The lowest BCUT2D eigenvalue weighted by Gasteiger charge is -2.19. The van der Waals surface area contributed by atoms with E-state index in [-0.39, 0.29) is 5.91 Å². The first-order valence-corrected chi connectivity index (χ1v) is 6.92. The largest absolute Gasteiger partial charge is 0.312 e. The average Bonchev–Trinajstić information content (AvgIpc) is 2.59. The summed E-state index contributed by atoms with van der Waals surface area (Å²) in [5.41, 5.74) is 9.04. The van der Waals surface area contributed by atoms with E-state index >= 15 is 0 Å². The lowest BCUT2D eigenvalue weighted by atomic mass is 10.0. The zero-order chi connectivity index (χ0) is 15.0. The van der Waals surface area contributed by atoms with Crippen LogP contribution in [0.15, 0.2) is 53.5 Å². The van der Waals surface area contributed by atoms with Crippen LogP contribution in [0.2, 0.25) is 5.02 Å². The monoisotopic (exact) mass is 299 g/mol. The molecule has 0 saturated heterocycles. The van der Waals surface area contributed by atoms with Gasteiger partial charge in [-0.2, -0.15) is 0 Å². The van der Waals surface area contributed by atoms with Crippen molar-refractivity contribution in [2.45, 2.75) is 6.17 Å². The zero-order valence-electron chi connectivity index (χ0n) is 11.5. The zero-order valence-corrected chi connectivity index (χ0v) is 12.2. The summed E-state index contributed by atoms with van der Waals surface area (Å²) in [7, 11) is 1.69. The Balaban J connectivity index is 2.27. The summed E-state index contributed by atoms with van der Waals surface area (Å²) < 4.78 is 0. The standard InChI is InChI=1S/C16H14ClN3O/c1-20-13-8-7-11(17)9-12(13)14(19-15(18)16(20)21)10-5-3-2-4-6-10/h2-9,15H,18H2,1H3/t15-/m0/s1.